The van der Waals surface area contributed by atoms with Crippen LogP contribution in [0.2, 0.25) is 0 Å². The lowest BCUT2D eigenvalue weighted by atomic mass is 9.85. The van der Waals surface area contributed by atoms with Gasteiger partial charge in [0.2, 0.25) is 5.95 Å². The number of fused-ring (bicyclic) bond motifs is 1. The number of hydrogen-bond donors (Lipinski definition) is 1. The third-order valence-corrected chi connectivity index (χ3v) is 6.23. The van der Waals surface area contributed by atoms with E-state index < -0.39 is 0 Å². The minimum Gasteiger partial charge on any atom is -0.493 e. The van der Waals surface area contributed by atoms with Gasteiger partial charge in [-0.1, -0.05) is 6.07 Å². The van der Waals surface area contributed by atoms with Crippen LogP contribution in [0.5, 0.6) is 11.5 Å². The Morgan fingerprint density at radius 2 is 1.79 bits per heavy atom. The van der Waals surface area contributed by atoms with Crippen LogP contribution in [0.3, 0.4) is 0 Å². The summed E-state index contributed by atoms with van der Waals surface area (Å²) in [5.74, 6) is 2.64. The van der Waals surface area contributed by atoms with E-state index in [1.54, 1.807) is 14.2 Å². The van der Waals surface area contributed by atoms with Crippen molar-refractivity contribution in [3.63, 3.8) is 0 Å². The first-order valence-electron chi connectivity index (χ1n) is 11.0. The van der Waals surface area contributed by atoms with E-state index in [1.165, 1.54) is 0 Å². The van der Waals surface area contributed by atoms with Crippen LogP contribution >= 0.6 is 0 Å². The van der Waals surface area contributed by atoms with Gasteiger partial charge < -0.3 is 19.7 Å². The van der Waals surface area contributed by atoms with Gasteiger partial charge in [-0.25, -0.2) is 4.68 Å². The zero-order valence-corrected chi connectivity index (χ0v) is 19.3. The molecule has 1 aliphatic heterocycles. The van der Waals surface area contributed by atoms with Crippen molar-refractivity contribution in [3.05, 3.63) is 59.3 Å². The molecule has 0 amide bonds. The average Bonchev–Trinajstić information content (AvgIpc) is 3.26. The van der Waals surface area contributed by atoms with Gasteiger partial charge >= 0.3 is 0 Å². The number of methoxy groups -OCH3 is 2. The second-order valence-electron chi connectivity index (χ2n) is 8.46. The van der Waals surface area contributed by atoms with Gasteiger partial charge in [-0.15, -0.1) is 5.10 Å². The molecule has 0 radical (unpaired) electrons. The Morgan fingerprint density at radius 1 is 1.03 bits per heavy atom. The van der Waals surface area contributed by atoms with E-state index >= 15 is 0 Å². The highest BCUT2D eigenvalue weighted by Gasteiger charge is 2.37. The SMILES string of the molecule is COc1ccc([C@@H]2C3=C(CCCC3=O)Nc3nc(-c4ccc(N(C)C)cc4)nn32)cc1OC. The molecule has 0 spiro atoms. The van der Waals surface area contributed by atoms with Crippen molar-refractivity contribution in [1.82, 2.24) is 14.8 Å². The van der Waals surface area contributed by atoms with Crippen molar-refractivity contribution < 1.29 is 14.3 Å². The number of ketones is 1. The molecule has 1 aliphatic carbocycles. The smallest absolute Gasteiger partial charge is 0.226 e. The first kappa shape index (κ1) is 21.1. The van der Waals surface area contributed by atoms with Gasteiger partial charge in [0.05, 0.1) is 14.2 Å². The van der Waals surface area contributed by atoms with Crippen LogP contribution in [0, 0.1) is 0 Å². The normalized spacial score (nSPS) is 17.2. The van der Waals surface area contributed by atoms with Gasteiger partial charge in [0, 0.05) is 43.0 Å². The van der Waals surface area contributed by atoms with Crippen molar-refractivity contribution in [1.29, 1.82) is 0 Å². The Kier molecular flexibility index (Phi) is 5.28. The van der Waals surface area contributed by atoms with Crippen molar-refractivity contribution in [2.45, 2.75) is 25.3 Å². The first-order valence-corrected chi connectivity index (χ1v) is 11.0. The number of aromatic nitrogens is 3. The standard InChI is InChI=1S/C25H27N5O3/c1-29(2)17-11-8-15(9-12-17)24-27-25-26-18-6-5-7-19(31)22(18)23(30(25)28-24)16-10-13-20(32-3)21(14-16)33-4/h8-14,23H,5-7H2,1-4H3,(H,26,27,28)/t23-/m1/s1. The van der Waals surface area contributed by atoms with Gasteiger partial charge in [-0.2, -0.15) is 4.98 Å². The lowest BCUT2D eigenvalue weighted by molar-refractivity contribution is -0.116. The minimum atomic E-state index is -0.383. The summed E-state index contributed by atoms with van der Waals surface area (Å²) in [5, 5.41) is 8.23. The lowest BCUT2D eigenvalue weighted by Gasteiger charge is -2.32. The fourth-order valence-electron chi connectivity index (χ4n) is 4.52. The molecule has 0 bridgehead atoms. The zero-order chi connectivity index (χ0) is 23.1. The molecule has 2 heterocycles. The fraction of sp³-hybridized carbons (Fsp3) is 0.320. The Bertz CT molecular complexity index is 1240. The minimum absolute atomic E-state index is 0.140. The Hall–Kier alpha value is -3.81. The number of allylic oxidation sites excluding steroid dienone is 2. The Morgan fingerprint density at radius 3 is 2.48 bits per heavy atom. The van der Waals surface area contributed by atoms with Gasteiger partial charge in [-0.3, -0.25) is 4.79 Å². The molecule has 0 unspecified atom stereocenters. The first-order chi connectivity index (χ1) is 16.0. The molecule has 3 aromatic rings. The second kappa shape index (κ2) is 8.27. The summed E-state index contributed by atoms with van der Waals surface area (Å²) in [6, 6.07) is 13.5. The summed E-state index contributed by atoms with van der Waals surface area (Å²) in [6.45, 7) is 0. The van der Waals surface area contributed by atoms with E-state index in [0.717, 1.165) is 40.9 Å². The lowest BCUT2D eigenvalue weighted by Crippen LogP contribution is -2.31. The summed E-state index contributed by atoms with van der Waals surface area (Å²) in [5.41, 5.74) is 4.60. The molecule has 2 aliphatic rings. The molecule has 2 aromatic carbocycles. The number of rotatable bonds is 5. The van der Waals surface area contributed by atoms with Crippen LogP contribution in [-0.2, 0) is 4.79 Å². The van der Waals surface area contributed by atoms with E-state index in [1.807, 2.05) is 66.1 Å². The largest absolute Gasteiger partial charge is 0.493 e. The highest BCUT2D eigenvalue weighted by Crippen LogP contribution is 2.42. The number of nitrogens with zero attached hydrogens (tertiary/aromatic N) is 4. The third kappa shape index (κ3) is 3.61. The summed E-state index contributed by atoms with van der Waals surface area (Å²) in [4.78, 5) is 19.9. The van der Waals surface area contributed by atoms with Crippen molar-refractivity contribution in [3.8, 4) is 22.9 Å². The highest BCUT2D eigenvalue weighted by molar-refractivity contribution is 5.99. The number of nitrogens with one attached hydrogen (secondary N) is 1. The number of Topliss-reactive ketones (excluding diaryl/α,β-unsaturated/α-hetero) is 1. The van der Waals surface area contributed by atoms with Gasteiger partial charge in [0.15, 0.2) is 23.1 Å². The van der Waals surface area contributed by atoms with Crippen LogP contribution in [0.1, 0.15) is 30.9 Å². The molecule has 0 fully saturated rings. The molecule has 33 heavy (non-hydrogen) atoms. The van der Waals surface area contributed by atoms with E-state index in [9.17, 15) is 4.79 Å². The quantitative estimate of drug-likeness (QED) is 0.634. The van der Waals surface area contributed by atoms with Crippen LogP contribution in [0.25, 0.3) is 11.4 Å². The summed E-state index contributed by atoms with van der Waals surface area (Å²) in [7, 11) is 7.23. The molecule has 5 rings (SSSR count). The second-order valence-corrected chi connectivity index (χ2v) is 8.46. The average molecular weight is 446 g/mol. The fourth-order valence-corrected chi connectivity index (χ4v) is 4.52. The molecule has 1 atom stereocenters. The molecule has 1 N–H and O–H groups in total. The van der Waals surface area contributed by atoms with Gasteiger partial charge in [-0.05, 0) is 54.8 Å². The predicted octanol–water partition coefficient (Wildman–Crippen LogP) is 4.05. The van der Waals surface area contributed by atoms with Crippen molar-refractivity contribution in [2.75, 3.05) is 38.5 Å². The maximum atomic E-state index is 13.1. The monoisotopic (exact) mass is 445 g/mol. The van der Waals surface area contributed by atoms with E-state index in [0.29, 0.717) is 29.7 Å². The van der Waals surface area contributed by atoms with Gasteiger partial charge in [0.25, 0.3) is 0 Å². The van der Waals surface area contributed by atoms with E-state index in [2.05, 4.69) is 5.32 Å². The molecular formula is C25H27N5O3. The Labute approximate surface area is 192 Å². The topological polar surface area (TPSA) is 81.5 Å². The molecule has 170 valence electrons. The Balaban J connectivity index is 1.63. The maximum absolute atomic E-state index is 13.1. The summed E-state index contributed by atoms with van der Waals surface area (Å²) in [6.07, 6.45) is 2.17. The maximum Gasteiger partial charge on any atom is 0.226 e. The molecule has 0 saturated carbocycles. The van der Waals surface area contributed by atoms with Crippen molar-refractivity contribution in [2.24, 2.45) is 0 Å². The number of ether oxygens (including phenoxy) is 2. The van der Waals surface area contributed by atoms with Crippen LogP contribution in [0.4, 0.5) is 11.6 Å². The number of anilines is 2. The van der Waals surface area contributed by atoms with E-state index in [-0.39, 0.29) is 11.8 Å². The summed E-state index contributed by atoms with van der Waals surface area (Å²) < 4.78 is 12.8. The zero-order valence-electron chi connectivity index (χ0n) is 19.3. The van der Waals surface area contributed by atoms with Crippen LogP contribution in [0.15, 0.2) is 53.7 Å². The van der Waals surface area contributed by atoms with Gasteiger partial charge in [0.1, 0.15) is 6.04 Å². The molecule has 1 aromatic heterocycles. The highest BCUT2D eigenvalue weighted by atomic mass is 16.5. The predicted molar refractivity (Wildman–Crippen MR) is 127 cm³/mol. The molecular weight excluding hydrogens is 418 g/mol. The van der Waals surface area contributed by atoms with Crippen molar-refractivity contribution >= 4 is 17.4 Å². The molecule has 0 saturated heterocycles. The molecule has 8 heteroatoms. The summed E-state index contributed by atoms with van der Waals surface area (Å²) >= 11 is 0. The molecule has 8 nitrogen and oxygen atoms in total. The van der Waals surface area contributed by atoms with Crippen LogP contribution in [-0.4, -0.2) is 48.9 Å². The number of benzene rings is 2. The van der Waals surface area contributed by atoms with Crippen LogP contribution < -0.4 is 19.7 Å². The third-order valence-electron chi connectivity index (χ3n) is 6.23. The van der Waals surface area contributed by atoms with E-state index in [4.69, 9.17) is 19.6 Å². The number of carbonyl (C=O) groups is 1. The number of carbonyl (C=O) groups excluding carboxylic acids is 1. The number of hydrogen-bond acceptors (Lipinski definition) is 7.